The number of rotatable bonds is 17. The number of nitriles is 2. The molecule has 0 heterocycles. The van der Waals surface area contributed by atoms with Gasteiger partial charge in [0.2, 0.25) is 0 Å². The molecule has 0 saturated carbocycles. The van der Waals surface area contributed by atoms with Gasteiger partial charge in [0.25, 0.3) is 0 Å². The van der Waals surface area contributed by atoms with Crippen LogP contribution in [0.15, 0.2) is 126 Å². The SMILES string of the molecule is CCCc1c(OCc2ccc(C(N)c3cccc(C#N)c3)cc2)ccc(C(C)=O)c1O.CCCc1c(OCc2ccc(C(N=[N+]=[N-])c3cccc(C#N)c3)cc2)ccc(C(C)=O)c1O. The zero-order valence-electron chi connectivity index (χ0n) is 36.3. The van der Waals surface area contributed by atoms with E-state index in [-0.39, 0.29) is 35.7 Å². The van der Waals surface area contributed by atoms with Crippen LogP contribution in [-0.4, -0.2) is 21.8 Å². The lowest BCUT2D eigenvalue weighted by Crippen LogP contribution is -2.12. The van der Waals surface area contributed by atoms with E-state index in [1.807, 2.05) is 80.6 Å². The Balaban J connectivity index is 0.000000241. The minimum Gasteiger partial charge on any atom is -0.507 e. The molecule has 12 nitrogen and oxygen atoms in total. The van der Waals surface area contributed by atoms with Crippen LogP contribution in [-0.2, 0) is 26.1 Å². The minimum absolute atomic E-state index is 0.00720. The summed E-state index contributed by atoms with van der Waals surface area (Å²) in [5, 5.41) is 43.1. The molecular formula is C52H50N6O6. The molecular weight excluding hydrogens is 805 g/mol. The summed E-state index contributed by atoms with van der Waals surface area (Å²) in [6, 6.07) is 39.6. The van der Waals surface area contributed by atoms with E-state index in [0.29, 0.717) is 64.3 Å². The summed E-state index contributed by atoms with van der Waals surface area (Å²) in [6.45, 7) is 7.47. The molecule has 0 aromatic heterocycles. The van der Waals surface area contributed by atoms with Crippen LogP contribution in [0.4, 0.5) is 0 Å². The molecule has 324 valence electrons. The average molecular weight is 855 g/mol. The van der Waals surface area contributed by atoms with Crippen LogP contribution in [0, 0.1) is 22.7 Å². The van der Waals surface area contributed by atoms with Crippen LogP contribution >= 0.6 is 0 Å². The van der Waals surface area contributed by atoms with Crippen molar-refractivity contribution < 1.29 is 29.3 Å². The third-order valence-electron chi connectivity index (χ3n) is 10.5. The summed E-state index contributed by atoms with van der Waals surface area (Å²) in [5.74, 6) is 0.749. The first-order chi connectivity index (χ1) is 30.9. The van der Waals surface area contributed by atoms with Gasteiger partial charge in [0.15, 0.2) is 11.6 Å². The summed E-state index contributed by atoms with van der Waals surface area (Å²) >= 11 is 0. The van der Waals surface area contributed by atoms with Gasteiger partial charge >= 0.3 is 0 Å². The maximum absolute atomic E-state index is 11.7. The van der Waals surface area contributed by atoms with Crippen molar-refractivity contribution in [2.75, 3.05) is 0 Å². The Labute approximate surface area is 373 Å². The number of aromatic hydroxyl groups is 2. The molecule has 6 rings (SSSR count). The minimum atomic E-state index is -0.550. The number of phenolic OH excluding ortho intramolecular Hbond substituents is 2. The fraction of sp³-hybridized carbons (Fsp3) is 0.231. The Morgan fingerprint density at radius 1 is 0.656 bits per heavy atom. The zero-order chi connectivity index (χ0) is 46.2. The molecule has 2 unspecified atom stereocenters. The van der Waals surface area contributed by atoms with E-state index in [9.17, 15) is 19.8 Å². The second kappa shape index (κ2) is 22.8. The second-order valence-electron chi connectivity index (χ2n) is 15.1. The number of azide groups is 1. The molecule has 0 fully saturated rings. The zero-order valence-corrected chi connectivity index (χ0v) is 36.3. The average Bonchev–Trinajstić information content (AvgIpc) is 3.31. The predicted octanol–water partition coefficient (Wildman–Crippen LogP) is 11.4. The summed E-state index contributed by atoms with van der Waals surface area (Å²) in [7, 11) is 0. The number of benzene rings is 6. The Morgan fingerprint density at radius 2 is 1.09 bits per heavy atom. The molecule has 0 spiro atoms. The maximum atomic E-state index is 11.7. The summed E-state index contributed by atoms with van der Waals surface area (Å²) in [5.41, 5.74) is 23.6. The fourth-order valence-electron chi connectivity index (χ4n) is 7.15. The first-order valence-electron chi connectivity index (χ1n) is 20.9. The number of hydrogen-bond donors (Lipinski definition) is 3. The first kappa shape index (κ1) is 47.2. The molecule has 64 heavy (non-hydrogen) atoms. The number of nitrogens with zero attached hydrogens (tertiary/aromatic N) is 5. The largest absolute Gasteiger partial charge is 0.507 e. The van der Waals surface area contributed by atoms with Crippen molar-refractivity contribution in [3.05, 3.63) is 199 Å². The van der Waals surface area contributed by atoms with Gasteiger partial charge in [-0.15, -0.1) is 0 Å². The smallest absolute Gasteiger partial charge is 0.163 e. The standard InChI is InChI=1S/C26H24N4O3.C26H26N2O3/c1-3-5-23-24(13-12-22(17(2)31)26(23)32)33-16-18-8-10-20(11-9-18)25(29-30-28)21-7-4-6-19(14-21)15-27;1-3-5-23-24(13-12-22(17(2)29)26(23)30)31-16-18-8-10-20(11-9-18)25(28)21-7-4-6-19(14-21)15-27/h4,6-14,25,32H,3,5,16H2,1-2H3;4,6-14,25,30H,3,5,16,28H2,1-2H3. The molecule has 0 bridgehead atoms. The lowest BCUT2D eigenvalue weighted by molar-refractivity contribution is 0.100. The molecule has 2 atom stereocenters. The number of carbonyl (C=O) groups excluding carboxylic acids is 2. The number of hydrogen-bond acceptors (Lipinski definition) is 10. The number of ketones is 2. The number of ether oxygens (including phenoxy) is 2. The third-order valence-corrected chi connectivity index (χ3v) is 10.5. The van der Waals surface area contributed by atoms with Gasteiger partial charge < -0.3 is 25.4 Å². The number of nitrogens with two attached hydrogens (primary N) is 1. The summed E-state index contributed by atoms with van der Waals surface area (Å²) in [6.07, 6.45) is 2.84. The van der Waals surface area contributed by atoms with E-state index < -0.39 is 6.04 Å². The van der Waals surface area contributed by atoms with Gasteiger partial charge in [-0.3, -0.25) is 9.59 Å². The first-order valence-corrected chi connectivity index (χ1v) is 20.9. The molecule has 0 radical (unpaired) electrons. The topological polar surface area (TPSA) is 215 Å². The lowest BCUT2D eigenvalue weighted by atomic mass is 9.97. The van der Waals surface area contributed by atoms with E-state index in [1.165, 1.54) is 13.8 Å². The summed E-state index contributed by atoms with van der Waals surface area (Å²) in [4.78, 5) is 26.4. The van der Waals surface area contributed by atoms with Crippen LogP contribution in [0.1, 0.15) is 129 Å². The Bertz CT molecular complexity index is 2730. The van der Waals surface area contributed by atoms with Crippen molar-refractivity contribution in [1.29, 1.82) is 10.5 Å². The monoisotopic (exact) mass is 854 g/mol. The number of phenols is 2. The van der Waals surface area contributed by atoms with Gasteiger partial charge in [0, 0.05) is 16.0 Å². The van der Waals surface area contributed by atoms with Gasteiger partial charge in [0.1, 0.15) is 36.2 Å². The quantitative estimate of drug-likeness (QED) is 0.0344. The normalized spacial score (nSPS) is 11.4. The van der Waals surface area contributed by atoms with Gasteiger partial charge in [-0.05, 0) is 114 Å². The Kier molecular flexibility index (Phi) is 16.8. The lowest BCUT2D eigenvalue weighted by Gasteiger charge is -2.16. The predicted molar refractivity (Wildman–Crippen MR) is 245 cm³/mol. The maximum Gasteiger partial charge on any atom is 0.163 e. The Hall–Kier alpha value is -7.89. The highest BCUT2D eigenvalue weighted by atomic mass is 16.5. The van der Waals surface area contributed by atoms with E-state index >= 15 is 0 Å². The van der Waals surface area contributed by atoms with Crippen LogP contribution in [0.5, 0.6) is 23.0 Å². The molecule has 6 aromatic rings. The highest BCUT2D eigenvalue weighted by Gasteiger charge is 2.19. The fourth-order valence-corrected chi connectivity index (χ4v) is 7.15. The van der Waals surface area contributed by atoms with Crippen molar-refractivity contribution >= 4 is 11.6 Å². The van der Waals surface area contributed by atoms with Gasteiger partial charge in [-0.25, -0.2) is 0 Å². The molecule has 12 heteroatoms. The highest BCUT2D eigenvalue weighted by molar-refractivity contribution is 5.98. The van der Waals surface area contributed by atoms with Crippen LogP contribution in [0.3, 0.4) is 0 Å². The Morgan fingerprint density at radius 3 is 1.52 bits per heavy atom. The van der Waals surface area contributed by atoms with Crippen LogP contribution in [0.25, 0.3) is 10.4 Å². The third kappa shape index (κ3) is 11.9. The van der Waals surface area contributed by atoms with Crippen molar-refractivity contribution in [2.45, 2.75) is 78.7 Å². The van der Waals surface area contributed by atoms with E-state index in [0.717, 1.165) is 46.2 Å². The molecule has 0 amide bonds. The van der Waals surface area contributed by atoms with Crippen molar-refractivity contribution in [1.82, 2.24) is 0 Å². The highest BCUT2D eigenvalue weighted by Crippen LogP contribution is 2.35. The molecule has 6 aromatic carbocycles. The molecule has 0 aliphatic rings. The molecule has 0 saturated heterocycles. The van der Waals surface area contributed by atoms with Crippen molar-refractivity contribution in [3.63, 3.8) is 0 Å². The summed E-state index contributed by atoms with van der Waals surface area (Å²) < 4.78 is 11.9. The molecule has 4 N–H and O–H groups in total. The van der Waals surface area contributed by atoms with Crippen molar-refractivity contribution in [3.8, 4) is 35.1 Å². The van der Waals surface area contributed by atoms with E-state index in [2.05, 4.69) is 22.2 Å². The van der Waals surface area contributed by atoms with Gasteiger partial charge in [-0.2, -0.15) is 10.5 Å². The van der Waals surface area contributed by atoms with E-state index in [1.54, 1.807) is 54.6 Å². The van der Waals surface area contributed by atoms with Gasteiger partial charge in [-0.1, -0.05) is 105 Å². The number of carbonyl (C=O) groups is 2. The molecule has 0 aliphatic heterocycles. The van der Waals surface area contributed by atoms with Gasteiger partial charge in [0.05, 0.1) is 46.5 Å². The van der Waals surface area contributed by atoms with Crippen molar-refractivity contribution in [2.24, 2.45) is 10.8 Å². The molecule has 0 aliphatic carbocycles. The number of Topliss-reactive ketones (excluding diaryl/α,β-unsaturated/α-hetero) is 2. The van der Waals surface area contributed by atoms with E-state index in [4.69, 9.17) is 31.3 Å². The van der Waals surface area contributed by atoms with Crippen LogP contribution in [0.2, 0.25) is 0 Å². The second-order valence-corrected chi connectivity index (χ2v) is 15.1. The van der Waals surface area contributed by atoms with Crippen LogP contribution < -0.4 is 15.2 Å².